The van der Waals surface area contributed by atoms with Gasteiger partial charge in [-0.2, -0.15) is 0 Å². The molecule has 114 valence electrons. The lowest BCUT2D eigenvalue weighted by molar-refractivity contribution is -0.137. The molecule has 0 saturated carbocycles. The SMILES string of the molecule is CCC1C(=O)NC(C)(C)C(=O)N1c1c(F)cc(F)cc1Cl. The van der Waals surface area contributed by atoms with Crippen LogP contribution in [0, 0.1) is 11.6 Å². The molecular weight excluding hydrogens is 302 g/mol. The second-order valence-electron chi connectivity index (χ2n) is 5.43. The van der Waals surface area contributed by atoms with Gasteiger partial charge in [-0.3, -0.25) is 14.5 Å². The molecule has 2 rings (SSSR count). The fourth-order valence-corrected chi connectivity index (χ4v) is 2.68. The van der Waals surface area contributed by atoms with Crippen molar-refractivity contribution in [1.29, 1.82) is 0 Å². The first-order valence-electron chi connectivity index (χ1n) is 6.49. The van der Waals surface area contributed by atoms with E-state index in [2.05, 4.69) is 5.32 Å². The molecule has 21 heavy (non-hydrogen) atoms. The van der Waals surface area contributed by atoms with Gasteiger partial charge in [-0.05, 0) is 26.3 Å². The van der Waals surface area contributed by atoms with Crippen LogP contribution in [0.15, 0.2) is 12.1 Å². The predicted molar refractivity (Wildman–Crippen MR) is 75.2 cm³/mol. The molecule has 1 N–H and O–H groups in total. The van der Waals surface area contributed by atoms with Crippen LogP contribution < -0.4 is 10.2 Å². The first-order chi connectivity index (χ1) is 9.69. The molecule has 0 radical (unpaired) electrons. The highest BCUT2D eigenvalue weighted by Crippen LogP contribution is 2.35. The lowest BCUT2D eigenvalue weighted by Crippen LogP contribution is -2.68. The average Bonchev–Trinajstić information content (AvgIpc) is 2.33. The number of nitrogens with zero attached hydrogens (tertiary/aromatic N) is 1. The van der Waals surface area contributed by atoms with E-state index in [1.165, 1.54) is 13.8 Å². The summed E-state index contributed by atoms with van der Waals surface area (Å²) in [5.41, 5.74) is -1.45. The van der Waals surface area contributed by atoms with Gasteiger partial charge in [-0.25, -0.2) is 8.78 Å². The quantitative estimate of drug-likeness (QED) is 0.912. The fourth-order valence-electron chi connectivity index (χ4n) is 2.39. The number of carbonyl (C=O) groups excluding carboxylic acids is 2. The summed E-state index contributed by atoms with van der Waals surface area (Å²) in [4.78, 5) is 25.7. The molecule has 1 unspecified atom stereocenters. The third-order valence-electron chi connectivity index (χ3n) is 3.41. The molecule has 1 fully saturated rings. The largest absolute Gasteiger partial charge is 0.340 e. The molecule has 0 bridgehead atoms. The number of rotatable bonds is 2. The van der Waals surface area contributed by atoms with E-state index in [0.29, 0.717) is 6.07 Å². The van der Waals surface area contributed by atoms with Crippen LogP contribution in [0.5, 0.6) is 0 Å². The van der Waals surface area contributed by atoms with Crippen molar-refractivity contribution in [3.8, 4) is 0 Å². The van der Waals surface area contributed by atoms with Crippen LogP contribution in [0.25, 0.3) is 0 Å². The Balaban J connectivity index is 2.63. The average molecular weight is 317 g/mol. The lowest BCUT2D eigenvalue weighted by atomic mass is 9.95. The van der Waals surface area contributed by atoms with Crippen LogP contribution in [-0.2, 0) is 9.59 Å². The van der Waals surface area contributed by atoms with Gasteiger partial charge in [0.2, 0.25) is 5.91 Å². The first kappa shape index (κ1) is 15.7. The highest BCUT2D eigenvalue weighted by molar-refractivity contribution is 6.34. The third-order valence-corrected chi connectivity index (χ3v) is 3.70. The number of hydrogen-bond acceptors (Lipinski definition) is 2. The Morgan fingerprint density at radius 3 is 2.48 bits per heavy atom. The Bertz CT molecular complexity index is 596. The van der Waals surface area contributed by atoms with Crippen LogP contribution in [-0.4, -0.2) is 23.4 Å². The molecule has 7 heteroatoms. The highest BCUT2D eigenvalue weighted by atomic mass is 35.5. The van der Waals surface area contributed by atoms with Crippen molar-refractivity contribution in [3.05, 3.63) is 28.8 Å². The number of nitrogens with one attached hydrogen (secondary N) is 1. The molecule has 1 aliphatic heterocycles. The highest BCUT2D eigenvalue weighted by Gasteiger charge is 2.46. The van der Waals surface area contributed by atoms with E-state index in [9.17, 15) is 18.4 Å². The van der Waals surface area contributed by atoms with Gasteiger partial charge in [0.05, 0.1) is 10.7 Å². The summed E-state index contributed by atoms with van der Waals surface area (Å²) in [5, 5.41) is 2.34. The summed E-state index contributed by atoms with van der Waals surface area (Å²) < 4.78 is 27.3. The molecular formula is C14H15ClF2N2O2. The standard InChI is InChI=1S/C14H15ClF2N2O2/c1-4-10-12(20)18-14(2,3)13(21)19(10)11-8(15)5-7(16)6-9(11)17/h5-6,10H,4H2,1-3H3,(H,18,20). The van der Waals surface area contributed by atoms with Gasteiger partial charge < -0.3 is 5.32 Å². The van der Waals surface area contributed by atoms with E-state index >= 15 is 0 Å². The van der Waals surface area contributed by atoms with Crippen molar-refractivity contribution in [2.45, 2.75) is 38.8 Å². The first-order valence-corrected chi connectivity index (χ1v) is 6.87. The minimum absolute atomic E-state index is 0.246. The van der Waals surface area contributed by atoms with Gasteiger partial charge in [-0.15, -0.1) is 0 Å². The maximum atomic E-state index is 14.1. The summed E-state index contributed by atoms with van der Waals surface area (Å²) in [7, 11) is 0. The van der Waals surface area contributed by atoms with E-state index in [-0.39, 0.29) is 17.1 Å². The van der Waals surface area contributed by atoms with E-state index in [1.807, 2.05) is 0 Å². The van der Waals surface area contributed by atoms with Gasteiger partial charge in [0.1, 0.15) is 17.4 Å². The molecule has 0 aliphatic carbocycles. The molecule has 1 aliphatic rings. The number of carbonyl (C=O) groups is 2. The Morgan fingerprint density at radius 2 is 1.95 bits per heavy atom. The summed E-state index contributed by atoms with van der Waals surface area (Å²) in [6.07, 6.45) is 0.279. The number of halogens is 3. The van der Waals surface area contributed by atoms with Crippen LogP contribution in [0.2, 0.25) is 5.02 Å². The minimum Gasteiger partial charge on any atom is -0.340 e. The second-order valence-corrected chi connectivity index (χ2v) is 5.84. The summed E-state index contributed by atoms with van der Waals surface area (Å²) in [6, 6.07) is 0.670. The Morgan fingerprint density at radius 1 is 1.33 bits per heavy atom. The van der Waals surface area contributed by atoms with E-state index < -0.39 is 35.0 Å². The number of anilines is 1. The van der Waals surface area contributed by atoms with Crippen LogP contribution >= 0.6 is 11.6 Å². The van der Waals surface area contributed by atoms with E-state index in [1.54, 1.807) is 6.92 Å². The maximum absolute atomic E-state index is 14.1. The molecule has 4 nitrogen and oxygen atoms in total. The zero-order valence-electron chi connectivity index (χ0n) is 11.8. The number of benzene rings is 1. The molecule has 1 heterocycles. The fraction of sp³-hybridized carbons (Fsp3) is 0.429. The van der Waals surface area contributed by atoms with Crippen molar-refractivity contribution in [2.24, 2.45) is 0 Å². The maximum Gasteiger partial charge on any atom is 0.253 e. The third kappa shape index (κ3) is 2.60. The zero-order valence-corrected chi connectivity index (χ0v) is 12.6. The predicted octanol–water partition coefficient (Wildman–Crippen LogP) is 2.64. The molecule has 1 aromatic carbocycles. The molecule has 0 spiro atoms. The molecule has 1 atom stereocenters. The Hall–Kier alpha value is -1.69. The van der Waals surface area contributed by atoms with Gasteiger partial charge in [0, 0.05) is 6.07 Å². The number of hydrogen-bond donors (Lipinski definition) is 1. The summed E-state index contributed by atoms with van der Waals surface area (Å²) >= 11 is 5.89. The van der Waals surface area contributed by atoms with Crippen LogP contribution in [0.1, 0.15) is 27.2 Å². The van der Waals surface area contributed by atoms with E-state index in [4.69, 9.17) is 11.6 Å². The number of amides is 2. The van der Waals surface area contributed by atoms with Crippen molar-refractivity contribution in [2.75, 3.05) is 4.90 Å². The van der Waals surface area contributed by atoms with Crippen molar-refractivity contribution in [1.82, 2.24) is 5.32 Å². The van der Waals surface area contributed by atoms with E-state index in [0.717, 1.165) is 11.0 Å². The van der Waals surface area contributed by atoms with Gasteiger partial charge in [0.25, 0.3) is 5.91 Å². The van der Waals surface area contributed by atoms with Crippen molar-refractivity contribution < 1.29 is 18.4 Å². The molecule has 1 saturated heterocycles. The Labute approximate surface area is 126 Å². The van der Waals surface area contributed by atoms with Crippen LogP contribution in [0.4, 0.5) is 14.5 Å². The van der Waals surface area contributed by atoms with Gasteiger partial charge >= 0.3 is 0 Å². The smallest absolute Gasteiger partial charge is 0.253 e. The molecule has 1 aromatic rings. The lowest BCUT2D eigenvalue weighted by Gasteiger charge is -2.42. The minimum atomic E-state index is -1.19. The summed E-state index contributed by atoms with van der Waals surface area (Å²) in [5.74, 6) is -2.72. The van der Waals surface area contributed by atoms with Gasteiger partial charge in [-0.1, -0.05) is 18.5 Å². The van der Waals surface area contributed by atoms with Crippen LogP contribution in [0.3, 0.4) is 0 Å². The second kappa shape index (κ2) is 5.26. The topological polar surface area (TPSA) is 49.4 Å². The summed E-state index contributed by atoms with van der Waals surface area (Å²) in [6.45, 7) is 4.72. The zero-order chi connectivity index (χ0) is 15.9. The van der Waals surface area contributed by atoms with Crippen molar-refractivity contribution >= 4 is 29.1 Å². The van der Waals surface area contributed by atoms with Gasteiger partial charge in [0.15, 0.2) is 5.82 Å². The normalized spacial score (nSPS) is 21.4. The molecule has 2 amide bonds. The molecule has 0 aromatic heterocycles. The Kier molecular flexibility index (Phi) is 3.93. The monoisotopic (exact) mass is 316 g/mol. The van der Waals surface area contributed by atoms with Crippen molar-refractivity contribution in [3.63, 3.8) is 0 Å². The number of piperazine rings is 1.